The van der Waals surface area contributed by atoms with Crippen molar-refractivity contribution < 1.29 is 29.7 Å². The van der Waals surface area contributed by atoms with E-state index in [-0.39, 0.29) is 12.8 Å². The average Bonchev–Trinajstić information content (AvgIpc) is 2.36. The molecule has 0 rings (SSSR count). The highest BCUT2D eigenvalue weighted by Crippen LogP contribution is 1.97. The second kappa shape index (κ2) is 12.3. The maximum Gasteiger partial charge on any atom is 0.320 e. The first kappa shape index (κ1) is 20.6. The van der Waals surface area contributed by atoms with E-state index in [0.717, 1.165) is 12.8 Å². The number of hydrogen-bond acceptors (Lipinski definition) is 6. The summed E-state index contributed by atoms with van der Waals surface area (Å²) in [6.45, 7) is 0.604. The lowest BCUT2D eigenvalue weighted by atomic mass is 10.1. The number of carboxylic acids is 3. The molecule has 0 amide bonds. The van der Waals surface area contributed by atoms with Crippen molar-refractivity contribution in [1.82, 2.24) is 0 Å². The lowest BCUT2D eigenvalue weighted by Crippen LogP contribution is -2.30. The van der Waals surface area contributed by atoms with Gasteiger partial charge in [0.25, 0.3) is 0 Å². The second-order valence-corrected chi connectivity index (χ2v) is 4.11. The minimum Gasteiger partial charge on any atom is -0.481 e. The normalized spacial score (nSPS) is 12.8. The Labute approximate surface area is 116 Å². The third-order valence-corrected chi connectivity index (χ3v) is 2.27. The maximum absolute atomic E-state index is 10.1. The first-order valence-electron chi connectivity index (χ1n) is 6.11. The van der Waals surface area contributed by atoms with Crippen LogP contribution < -0.4 is 17.2 Å². The van der Waals surface area contributed by atoms with Crippen molar-refractivity contribution in [2.24, 2.45) is 17.2 Å². The number of carbonyl (C=O) groups is 3. The van der Waals surface area contributed by atoms with Crippen LogP contribution in [0.3, 0.4) is 0 Å². The van der Waals surface area contributed by atoms with Crippen LogP contribution in [0.25, 0.3) is 0 Å². The molecule has 20 heavy (non-hydrogen) atoms. The molecule has 0 aromatic heterocycles. The highest BCUT2D eigenvalue weighted by Gasteiger charge is 2.12. The van der Waals surface area contributed by atoms with Crippen LogP contribution in [0.15, 0.2) is 0 Å². The molecule has 9 nitrogen and oxygen atoms in total. The first-order chi connectivity index (χ1) is 9.22. The van der Waals surface area contributed by atoms with Crippen LogP contribution in [0.2, 0.25) is 0 Å². The van der Waals surface area contributed by atoms with E-state index in [1.807, 2.05) is 0 Å². The molecule has 0 bridgehead atoms. The summed E-state index contributed by atoms with van der Waals surface area (Å²) in [6.07, 6.45) is 1.94. The number of carboxylic acid groups (broad SMARTS) is 3. The summed E-state index contributed by atoms with van der Waals surface area (Å²) in [4.78, 5) is 30.0. The van der Waals surface area contributed by atoms with Gasteiger partial charge in [0.15, 0.2) is 0 Å². The number of aliphatic carboxylic acids is 3. The number of unbranched alkanes of at least 4 members (excludes halogenated alkanes) is 1. The van der Waals surface area contributed by atoms with Crippen molar-refractivity contribution >= 4 is 17.9 Å². The smallest absolute Gasteiger partial charge is 0.320 e. The molecule has 118 valence electrons. The molecule has 0 radical (unpaired) electrons. The number of rotatable bonds is 9. The topological polar surface area (TPSA) is 190 Å². The predicted molar refractivity (Wildman–Crippen MR) is 71.0 cm³/mol. The molecule has 0 heterocycles. The van der Waals surface area contributed by atoms with Gasteiger partial charge in [-0.15, -0.1) is 0 Å². The molecule has 0 saturated heterocycles. The zero-order valence-electron chi connectivity index (χ0n) is 11.2. The Morgan fingerprint density at radius 3 is 1.65 bits per heavy atom. The van der Waals surface area contributed by atoms with E-state index in [1.54, 1.807) is 0 Å². The Morgan fingerprint density at radius 1 is 0.850 bits per heavy atom. The van der Waals surface area contributed by atoms with Crippen molar-refractivity contribution in [1.29, 1.82) is 0 Å². The van der Waals surface area contributed by atoms with Crippen LogP contribution in [0, 0.1) is 0 Å². The van der Waals surface area contributed by atoms with Crippen LogP contribution in [0.5, 0.6) is 0 Å². The van der Waals surface area contributed by atoms with Crippen LogP contribution in [0.1, 0.15) is 32.1 Å². The van der Waals surface area contributed by atoms with Crippen molar-refractivity contribution in [3.8, 4) is 0 Å². The molecule has 0 aliphatic carbocycles. The summed E-state index contributed by atoms with van der Waals surface area (Å²) in [6, 6.07) is -1.78. The summed E-state index contributed by atoms with van der Waals surface area (Å²) in [7, 11) is 0. The Kier molecular flexibility index (Phi) is 12.7. The van der Waals surface area contributed by atoms with Gasteiger partial charge in [0.05, 0.1) is 0 Å². The van der Waals surface area contributed by atoms with Gasteiger partial charge in [-0.05, 0) is 25.8 Å². The van der Waals surface area contributed by atoms with E-state index >= 15 is 0 Å². The Balaban J connectivity index is 0. The minimum atomic E-state index is -1.17. The highest BCUT2D eigenvalue weighted by atomic mass is 16.4. The zero-order valence-corrected chi connectivity index (χ0v) is 11.2. The minimum absolute atomic E-state index is 0.0231. The summed E-state index contributed by atoms with van der Waals surface area (Å²) in [5, 5.41) is 24.6. The summed E-state index contributed by atoms with van der Waals surface area (Å²) in [5.74, 6) is -3.13. The van der Waals surface area contributed by atoms with Crippen molar-refractivity contribution in [2.45, 2.75) is 44.2 Å². The van der Waals surface area contributed by atoms with Gasteiger partial charge >= 0.3 is 17.9 Å². The Hall–Kier alpha value is -1.71. The summed E-state index contributed by atoms with van der Waals surface area (Å²) >= 11 is 0. The fraction of sp³-hybridized carbons (Fsp3) is 0.727. The zero-order chi connectivity index (χ0) is 16.1. The van der Waals surface area contributed by atoms with E-state index < -0.39 is 30.0 Å². The monoisotopic (exact) mass is 293 g/mol. The third-order valence-electron chi connectivity index (χ3n) is 2.27. The summed E-state index contributed by atoms with van der Waals surface area (Å²) < 4.78 is 0. The molecule has 9 heteroatoms. The van der Waals surface area contributed by atoms with Gasteiger partial charge in [0.2, 0.25) is 0 Å². The second-order valence-electron chi connectivity index (χ2n) is 4.11. The molecule has 0 saturated carbocycles. The van der Waals surface area contributed by atoms with E-state index in [1.165, 1.54) is 0 Å². The molecular weight excluding hydrogens is 270 g/mol. The largest absolute Gasteiger partial charge is 0.481 e. The molecule has 0 fully saturated rings. The predicted octanol–water partition coefficient (Wildman–Crippen LogP) is -1.21. The van der Waals surface area contributed by atoms with E-state index in [9.17, 15) is 14.4 Å². The molecule has 1 unspecified atom stereocenters. The van der Waals surface area contributed by atoms with Crippen LogP contribution in [0.4, 0.5) is 0 Å². The lowest BCUT2D eigenvalue weighted by molar-refractivity contribution is -0.140. The Morgan fingerprint density at radius 2 is 1.30 bits per heavy atom. The van der Waals surface area contributed by atoms with Gasteiger partial charge in [-0.1, -0.05) is 6.42 Å². The molecule has 9 N–H and O–H groups in total. The van der Waals surface area contributed by atoms with Crippen LogP contribution in [-0.4, -0.2) is 51.9 Å². The van der Waals surface area contributed by atoms with Gasteiger partial charge in [0.1, 0.15) is 12.1 Å². The lowest BCUT2D eigenvalue weighted by Gasteiger charge is -2.03. The average molecular weight is 293 g/mol. The van der Waals surface area contributed by atoms with Crippen molar-refractivity contribution in [3.05, 3.63) is 0 Å². The van der Waals surface area contributed by atoms with Crippen molar-refractivity contribution in [3.63, 3.8) is 0 Å². The number of hydrogen-bond donors (Lipinski definition) is 6. The van der Waals surface area contributed by atoms with Gasteiger partial charge in [-0.3, -0.25) is 14.4 Å². The van der Waals surface area contributed by atoms with Gasteiger partial charge in [-0.25, -0.2) is 0 Å². The Bertz CT molecular complexity index is 311. The molecule has 0 aromatic carbocycles. The van der Waals surface area contributed by atoms with Crippen LogP contribution in [-0.2, 0) is 14.4 Å². The third kappa shape index (κ3) is 14.4. The fourth-order valence-electron chi connectivity index (χ4n) is 1.03. The molecule has 0 aliphatic rings. The van der Waals surface area contributed by atoms with Gasteiger partial charge < -0.3 is 32.5 Å². The van der Waals surface area contributed by atoms with E-state index in [4.69, 9.17) is 32.5 Å². The highest BCUT2D eigenvalue weighted by molar-refractivity contribution is 5.74. The van der Waals surface area contributed by atoms with Gasteiger partial charge in [-0.2, -0.15) is 0 Å². The summed E-state index contributed by atoms with van der Waals surface area (Å²) in [5.41, 5.74) is 15.4. The number of nitrogens with two attached hydrogens (primary N) is 3. The first-order valence-corrected chi connectivity index (χ1v) is 6.11. The van der Waals surface area contributed by atoms with Gasteiger partial charge in [0, 0.05) is 6.42 Å². The standard InChI is InChI=1S/C6H14N2O2.C5H9NO4/c7-4-2-1-3-5(8)6(9)10;6-3(5(9)10)1-2-4(7)8/h5H,1-4,7-8H2,(H,9,10);3H,1-2,6H2,(H,7,8)(H,9,10)/t;3-/m.1/s1. The molecular formula is C11H23N3O6. The quantitative estimate of drug-likeness (QED) is 0.283. The molecule has 2 atom stereocenters. The van der Waals surface area contributed by atoms with Crippen LogP contribution >= 0.6 is 0 Å². The maximum atomic E-state index is 10.1. The van der Waals surface area contributed by atoms with E-state index in [2.05, 4.69) is 0 Å². The molecule has 0 aromatic rings. The van der Waals surface area contributed by atoms with Crippen molar-refractivity contribution in [2.75, 3.05) is 6.54 Å². The SMILES string of the molecule is NCCCCC(N)C(=O)O.N[C@H](CCC(=O)O)C(=O)O. The fourth-order valence-corrected chi connectivity index (χ4v) is 1.03. The van der Waals surface area contributed by atoms with E-state index in [0.29, 0.717) is 13.0 Å². The molecule has 0 aliphatic heterocycles. The molecule has 0 spiro atoms.